The highest BCUT2D eigenvalue weighted by molar-refractivity contribution is 9.10. The largest absolute Gasteiger partial charge is 0.357 e. The fraction of sp³-hybridized carbons (Fsp3) is 0.375. The first kappa shape index (κ1) is 19.0. The third-order valence-electron chi connectivity index (χ3n) is 6.44. The summed E-state index contributed by atoms with van der Waals surface area (Å²) in [5, 5.41) is 1.39. The van der Waals surface area contributed by atoms with E-state index in [2.05, 4.69) is 55.0 Å². The molecular weight excluding hydrogens is 426 g/mol. The molecule has 2 aromatic carbocycles. The van der Waals surface area contributed by atoms with Crippen molar-refractivity contribution in [2.24, 2.45) is 0 Å². The summed E-state index contributed by atoms with van der Waals surface area (Å²) in [6.07, 6.45) is 2.67. The number of piperazine rings is 1. The van der Waals surface area contributed by atoms with Gasteiger partial charge in [-0.05, 0) is 43.1 Å². The summed E-state index contributed by atoms with van der Waals surface area (Å²) in [4.78, 5) is 21.2. The minimum atomic E-state index is 0.247. The Morgan fingerprint density at radius 1 is 1.10 bits per heavy atom. The van der Waals surface area contributed by atoms with E-state index in [4.69, 9.17) is 0 Å². The number of fused-ring (bicyclic) bond motifs is 4. The van der Waals surface area contributed by atoms with E-state index in [0.717, 1.165) is 55.6 Å². The summed E-state index contributed by atoms with van der Waals surface area (Å²) in [7, 11) is 0. The lowest BCUT2D eigenvalue weighted by atomic mass is 9.94. The number of carbonyl (C=O) groups is 1. The molecule has 1 unspecified atom stereocenters. The molecule has 1 N–H and O–H groups in total. The van der Waals surface area contributed by atoms with Gasteiger partial charge in [0.2, 0.25) is 0 Å². The highest BCUT2D eigenvalue weighted by atomic mass is 79.9. The average molecular weight is 452 g/mol. The van der Waals surface area contributed by atoms with E-state index >= 15 is 0 Å². The molecule has 1 aromatic heterocycles. The number of Topliss-reactive ketones (excluding diaryl/α,β-unsaturated/α-hetero) is 1. The predicted molar refractivity (Wildman–Crippen MR) is 120 cm³/mol. The Morgan fingerprint density at radius 2 is 1.93 bits per heavy atom. The number of nitrogens with one attached hydrogen (secondary N) is 1. The molecule has 0 aliphatic carbocycles. The first-order chi connectivity index (χ1) is 14.2. The molecule has 1 saturated heterocycles. The first-order valence-corrected chi connectivity index (χ1v) is 11.3. The van der Waals surface area contributed by atoms with Crippen LogP contribution in [0.3, 0.4) is 0 Å². The van der Waals surface area contributed by atoms with Crippen molar-refractivity contribution in [1.29, 1.82) is 0 Å². The monoisotopic (exact) mass is 451 g/mol. The summed E-state index contributed by atoms with van der Waals surface area (Å²) >= 11 is 3.42. The van der Waals surface area contributed by atoms with Crippen LogP contribution in [-0.2, 0) is 13.0 Å². The van der Waals surface area contributed by atoms with E-state index in [1.807, 2.05) is 24.3 Å². The Morgan fingerprint density at radius 3 is 2.79 bits per heavy atom. The Balaban J connectivity index is 1.18. The maximum Gasteiger partial charge on any atom is 0.162 e. The van der Waals surface area contributed by atoms with Crippen LogP contribution in [0.1, 0.15) is 34.5 Å². The van der Waals surface area contributed by atoms with Crippen LogP contribution in [0, 0.1) is 0 Å². The van der Waals surface area contributed by atoms with Crippen molar-refractivity contribution in [2.75, 3.05) is 26.2 Å². The lowest BCUT2D eigenvalue weighted by Crippen LogP contribution is -2.55. The summed E-state index contributed by atoms with van der Waals surface area (Å²) in [5.41, 5.74) is 4.99. The van der Waals surface area contributed by atoms with E-state index in [0.29, 0.717) is 12.5 Å². The van der Waals surface area contributed by atoms with Crippen LogP contribution in [0.15, 0.2) is 53.0 Å². The summed E-state index contributed by atoms with van der Waals surface area (Å²) in [6.45, 7) is 5.35. The minimum Gasteiger partial charge on any atom is -0.357 e. The normalized spacial score (nSPS) is 19.8. The average Bonchev–Trinajstić information content (AvgIpc) is 3.10. The van der Waals surface area contributed by atoms with Crippen LogP contribution in [-0.4, -0.2) is 52.8 Å². The molecule has 2 aliphatic rings. The molecule has 3 heterocycles. The summed E-state index contributed by atoms with van der Waals surface area (Å²) in [5.74, 6) is 0.247. The summed E-state index contributed by atoms with van der Waals surface area (Å²) < 4.78 is 1.01. The Hall–Kier alpha value is -1.95. The van der Waals surface area contributed by atoms with Gasteiger partial charge in [-0.2, -0.15) is 0 Å². The van der Waals surface area contributed by atoms with Crippen LogP contribution >= 0.6 is 15.9 Å². The number of hydrogen-bond donors (Lipinski definition) is 1. The van der Waals surface area contributed by atoms with E-state index in [-0.39, 0.29) is 5.78 Å². The summed E-state index contributed by atoms with van der Waals surface area (Å²) in [6, 6.07) is 16.9. The predicted octanol–water partition coefficient (Wildman–Crippen LogP) is 4.64. The number of benzene rings is 2. The van der Waals surface area contributed by atoms with Gasteiger partial charge in [0.25, 0.3) is 0 Å². The molecule has 5 rings (SSSR count). The third kappa shape index (κ3) is 3.91. The molecule has 0 spiro atoms. The van der Waals surface area contributed by atoms with Crippen LogP contribution < -0.4 is 0 Å². The van der Waals surface area contributed by atoms with Crippen molar-refractivity contribution < 1.29 is 4.79 Å². The fourth-order valence-corrected chi connectivity index (χ4v) is 5.13. The third-order valence-corrected chi connectivity index (χ3v) is 6.96. The molecule has 29 heavy (non-hydrogen) atoms. The van der Waals surface area contributed by atoms with Gasteiger partial charge in [-0.15, -0.1) is 0 Å². The molecule has 0 amide bonds. The minimum absolute atomic E-state index is 0.247. The Bertz CT molecular complexity index is 1030. The number of carbonyl (C=O) groups excluding carboxylic acids is 1. The highest BCUT2D eigenvalue weighted by Crippen LogP contribution is 2.31. The van der Waals surface area contributed by atoms with Gasteiger partial charge >= 0.3 is 0 Å². The second kappa shape index (κ2) is 8.05. The molecule has 0 saturated carbocycles. The van der Waals surface area contributed by atoms with Gasteiger partial charge in [-0.1, -0.05) is 46.3 Å². The number of aromatic amines is 1. The van der Waals surface area contributed by atoms with Crippen molar-refractivity contribution in [3.05, 3.63) is 69.8 Å². The fourth-order valence-electron chi connectivity index (χ4n) is 4.87. The second-order valence-electron chi connectivity index (χ2n) is 8.29. The quantitative estimate of drug-likeness (QED) is 0.574. The number of ketones is 1. The number of hydrogen-bond acceptors (Lipinski definition) is 3. The molecule has 0 radical (unpaired) electrons. The highest BCUT2D eigenvalue weighted by Gasteiger charge is 2.33. The van der Waals surface area contributed by atoms with Crippen LogP contribution in [0.25, 0.3) is 10.9 Å². The maximum absolute atomic E-state index is 12.4. The van der Waals surface area contributed by atoms with Crippen LogP contribution in [0.5, 0.6) is 0 Å². The maximum atomic E-state index is 12.4. The molecular formula is C24H26BrN3O. The van der Waals surface area contributed by atoms with Crippen molar-refractivity contribution in [3.8, 4) is 0 Å². The molecule has 4 nitrogen and oxygen atoms in total. The van der Waals surface area contributed by atoms with E-state index in [9.17, 15) is 4.79 Å². The Kier molecular flexibility index (Phi) is 5.29. The Labute approximate surface area is 180 Å². The van der Waals surface area contributed by atoms with Gasteiger partial charge in [-0.3, -0.25) is 9.69 Å². The SMILES string of the molecule is O=C(CCCN1CCN2Cc3[nH]c4ccccc4c3CC2C1)c1ccc(Br)cc1. The standard InChI is InChI=1S/C24H26BrN3O/c25-18-9-7-17(8-10-18)24(29)6-3-11-27-12-13-28-16-23-21(14-19(28)15-27)20-4-1-2-5-22(20)26-23/h1-2,4-5,7-10,19,26H,3,6,11-16H2. The molecule has 0 bridgehead atoms. The zero-order chi connectivity index (χ0) is 19.8. The van der Waals surface area contributed by atoms with Crippen LogP contribution in [0.4, 0.5) is 0 Å². The van der Waals surface area contributed by atoms with Crippen molar-refractivity contribution in [2.45, 2.75) is 31.8 Å². The van der Waals surface area contributed by atoms with Gasteiger partial charge in [0.15, 0.2) is 5.78 Å². The van der Waals surface area contributed by atoms with Crippen molar-refractivity contribution in [3.63, 3.8) is 0 Å². The first-order valence-electron chi connectivity index (χ1n) is 10.5. The number of aromatic nitrogens is 1. The van der Waals surface area contributed by atoms with Gasteiger partial charge in [0.1, 0.15) is 0 Å². The molecule has 1 fully saturated rings. The zero-order valence-electron chi connectivity index (χ0n) is 16.5. The van der Waals surface area contributed by atoms with Crippen LogP contribution in [0.2, 0.25) is 0 Å². The number of halogens is 1. The van der Waals surface area contributed by atoms with E-state index in [1.54, 1.807) is 0 Å². The topological polar surface area (TPSA) is 39.3 Å². The molecule has 3 aromatic rings. The second-order valence-corrected chi connectivity index (χ2v) is 9.21. The number of H-pyrrole nitrogens is 1. The molecule has 5 heteroatoms. The molecule has 2 aliphatic heterocycles. The van der Waals surface area contributed by atoms with Gasteiger partial charge < -0.3 is 9.88 Å². The van der Waals surface area contributed by atoms with Gasteiger partial charge in [0, 0.05) is 65.3 Å². The smallest absolute Gasteiger partial charge is 0.162 e. The molecule has 150 valence electrons. The van der Waals surface area contributed by atoms with Crippen molar-refractivity contribution >= 4 is 32.6 Å². The lowest BCUT2D eigenvalue weighted by molar-refractivity contribution is 0.0588. The molecule has 1 atom stereocenters. The zero-order valence-corrected chi connectivity index (χ0v) is 18.1. The van der Waals surface area contributed by atoms with E-state index < -0.39 is 0 Å². The van der Waals surface area contributed by atoms with Crippen molar-refractivity contribution in [1.82, 2.24) is 14.8 Å². The number of para-hydroxylation sites is 1. The van der Waals surface area contributed by atoms with Gasteiger partial charge in [0.05, 0.1) is 0 Å². The van der Waals surface area contributed by atoms with Gasteiger partial charge in [-0.25, -0.2) is 0 Å². The lowest BCUT2D eigenvalue weighted by Gasteiger charge is -2.44. The number of rotatable bonds is 5. The number of nitrogens with zero attached hydrogens (tertiary/aromatic N) is 2. The van der Waals surface area contributed by atoms with E-state index in [1.165, 1.54) is 22.2 Å².